The topological polar surface area (TPSA) is 87.3 Å². The van der Waals surface area contributed by atoms with Gasteiger partial charge in [0, 0.05) is 37.4 Å². The van der Waals surface area contributed by atoms with Crippen LogP contribution in [0.25, 0.3) is 0 Å². The quantitative estimate of drug-likeness (QED) is 0.729. The lowest BCUT2D eigenvalue weighted by Crippen LogP contribution is -2.50. The van der Waals surface area contributed by atoms with Gasteiger partial charge in [0.05, 0.1) is 0 Å². The van der Waals surface area contributed by atoms with Crippen molar-refractivity contribution in [2.24, 2.45) is 11.3 Å². The van der Waals surface area contributed by atoms with E-state index in [9.17, 15) is 14.4 Å². The molecule has 2 fully saturated rings. The van der Waals surface area contributed by atoms with Gasteiger partial charge in [-0.15, -0.1) is 0 Å². The lowest BCUT2D eigenvalue weighted by Gasteiger charge is -2.29. The third-order valence-electron chi connectivity index (χ3n) is 5.45. The molecule has 1 saturated heterocycles. The minimum absolute atomic E-state index is 0.0232. The number of amides is 3. The SMILES string of the molecule is CCC1CC(=O)NC(C(C)C)CC(=O)NC(C2(C)CC2)CC(=O)N1. The highest BCUT2D eigenvalue weighted by atomic mass is 16.2. The summed E-state index contributed by atoms with van der Waals surface area (Å²) in [5.41, 5.74) is 0.0232. The highest BCUT2D eigenvalue weighted by Gasteiger charge is 2.46. The molecule has 1 aliphatic carbocycles. The summed E-state index contributed by atoms with van der Waals surface area (Å²) in [5.74, 6) is -0.117. The van der Waals surface area contributed by atoms with E-state index in [-0.39, 0.29) is 66.4 Å². The van der Waals surface area contributed by atoms with Crippen molar-refractivity contribution in [3.8, 4) is 0 Å². The highest BCUT2D eigenvalue weighted by Crippen LogP contribution is 2.49. The number of carbonyl (C=O) groups is 3. The zero-order valence-electron chi connectivity index (χ0n) is 15.3. The molecule has 3 unspecified atom stereocenters. The summed E-state index contributed by atoms with van der Waals surface area (Å²) in [6.45, 7) is 8.09. The molecule has 0 aromatic rings. The maximum Gasteiger partial charge on any atom is 0.222 e. The fraction of sp³-hybridized carbons (Fsp3) is 0.833. The Balaban J connectivity index is 2.17. The Morgan fingerprint density at radius 3 is 2.08 bits per heavy atom. The Bertz CT molecular complexity index is 500. The smallest absolute Gasteiger partial charge is 0.222 e. The Morgan fingerprint density at radius 1 is 0.958 bits per heavy atom. The van der Waals surface area contributed by atoms with Crippen molar-refractivity contribution in [1.29, 1.82) is 0 Å². The zero-order valence-corrected chi connectivity index (χ0v) is 15.3. The fourth-order valence-corrected chi connectivity index (χ4v) is 3.18. The first-order chi connectivity index (χ1) is 11.2. The van der Waals surface area contributed by atoms with Gasteiger partial charge in [0.15, 0.2) is 0 Å². The van der Waals surface area contributed by atoms with Gasteiger partial charge in [-0.2, -0.15) is 0 Å². The van der Waals surface area contributed by atoms with E-state index >= 15 is 0 Å². The maximum absolute atomic E-state index is 12.4. The number of hydrogen-bond acceptors (Lipinski definition) is 3. The van der Waals surface area contributed by atoms with Gasteiger partial charge in [-0.3, -0.25) is 14.4 Å². The molecule has 3 atom stereocenters. The second-order valence-corrected chi connectivity index (χ2v) is 7.98. The molecule has 0 radical (unpaired) electrons. The summed E-state index contributed by atoms with van der Waals surface area (Å²) >= 11 is 0. The molecule has 0 spiro atoms. The molecule has 1 heterocycles. The normalized spacial score (nSPS) is 31.4. The zero-order chi connectivity index (χ0) is 17.9. The molecule has 136 valence electrons. The molecule has 1 saturated carbocycles. The Kier molecular flexibility index (Phi) is 5.88. The summed E-state index contributed by atoms with van der Waals surface area (Å²) in [6, 6.07) is -0.476. The van der Waals surface area contributed by atoms with Gasteiger partial charge >= 0.3 is 0 Å². The van der Waals surface area contributed by atoms with Crippen LogP contribution in [-0.2, 0) is 14.4 Å². The number of hydrogen-bond donors (Lipinski definition) is 3. The first-order valence-electron chi connectivity index (χ1n) is 9.11. The number of rotatable bonds is 3. The van der Waals surface area contributed by atoms with Crippen molar-refractivity contribution in [2.75, 3.05) is 0 Å². The van der Waals surface area contributed by atoms with Gasteiger partial charge < -0.3 is 16.0 Å². The van der Waals surface area contributed by atoms with E-state index in [0.29, 0.717) is 6.42 Å². The second kappa shape index (κ2) is 7.53. The monoisotopic (exact) mass is 337 g/mol. The first-order valence-corrected chi connectivity index (χ1v) is 9.11. The molecule has 2 rings (SSSR count). The van der Waals surface area contributed by atoms with E-state index in [4.69, 9.17) is 0 Å². The Labute approximate surface area is 144 Å². The van der Waals surface area contributed by atoms with Crippen molar-refractivity contribution < 1.29 is 14.4 Å². The van der Waals surface area contributed by atoms with Crippen LogP contribution < -0.4 is 16.0 Å². The molecule has 24 heavy (non-hydrogen) atoms. The summed E-state index contributed by atoms with van der Waals surface area (Å²) in [5, 5.41) is 8.96. The van der Waals surface area contributed by atoms with Crippen LogP contribution in [-0.4, -0.2) is 35.8 Å². The summed E-state index contributed by atoms with van der Waals surface area (Å²) in [6.07, 6.45) is 3.58. The van der Waals surface area contributed by atoms with E-state index in [2.05, 4.69) is 22.9 Å². The average Bonchev–Trinajstić information content (AvgIpc) is 3.23. The van der Waals surface area contributed by atoms with Gasteiger partial charge in [-0.25, -0.2) is 0 Å². The standard InChI is InChI=1S/C18H31N3O3/c1-5-12-8-15(22)20-13(11(2)3)9-16(23)21-14(10-17(24)19-12)18(4)6-7-18/h11-14H,5-10H2,1-4H3,(H,19,24)(H,20,22)(H,21,23). The predicted molar refractivity (Wildman–Crippen MR) is 92.1 cm³/mol. The molecule has 1 aliphatic heterocycles. The van der Waals surface area contributed by atoms with E-state index in [1.165, 1.54) is 0 Å². The van der Waals surface area contributed by atoms with Crippen LogP contribution in [0.5, 0.6) is 0 Å². The highest BCUT2D eigenvalue weighted by molar-refractivity contribution is 5.83. The third-order valence-corrected chi connectivity index (χ3v) is 5.45. The van der Waals surface area contributed by atoms with Crippen molar-refractivity contribution in [3.05, 3.63) is 0 Å². The van der Waals surface area contributed by atoms with Crippen molar-refractivity contribution in [1.82, 2.24) is 16.0 Å². The Hall–Kier alpha value is -1.59. The molecule has 0 aromatic heterocycles. The lowest BCUT2D eigenvalue weighted by molar-refractivity contribution is -0.127. The van der Waals surface area contributed by atoms with Gasteiger partial charge in [-0.05, 0) is 30.6 Å². The van der Waals surface area contributed by atoms with Crippen LogP contribution in [0.15, 0.2) is 0 Å². The molecule has 2 aliphatic rings. The van der Waals surface area contributed by atoms with Gasteiger partial charge in [0.2, 0.25) is 17.7 Å². The van der Waals surface area contributed by atoms with Crippen molar-refractivity contribution in [3.63, 3.8) is 0 Å². The molecule has 6 nitrogen and oxygen atoms in total. The molecule has 3 N–H and O–H groups in total. The van der Waals surface area contributed by atoms with Crippen molar-refractivity contribution >= 4 is 17.7 Å². The molecule has 0 bridgehead atoms. The molecular formula is C18H31N3O3. The third kappa shape index (κ3) is 4.95. The van der Waals surface area contributed by atoms with Crippen LogP contribution in [0.2, 0.25) is 0 Å². The van der Waals surface area contributed by atoms with E-state index < -0.39 is 0 Å². The van der Waals surface area contributed by atoms with Crippen molar-refractivity contribution in [2.45, 2.75) is 84.3 Å². The molecular weight excluding hydrogens is 306 g/mol. The molecule has 3 amide bonds. The maximum atomic E-state index is 12.4. The first kappa shape index (κ1) is 18.7. The van der Waals surface area contributed by atoms with E-state index in [1.807, 2.05) is 20.8 Å². The number of carbonyl (C=O) groups excluding carboxylic acids is 3. The average molecular weight is 337 g/mol. The molecule has 0 aromatic carbocycles. The largest absolute Gasteiger partial charge is 0.353 e. The second-order valence-electron chi connectivity index (χ2n) is 7.98. The summed E-state index contributed by atoms with van der Waals surface area (Å²) < 4.78 is 0. The number of nitrogens with one attached hydrogen (secondary N) is 3. The van der Waals surface area contributed by atoms with Crippen LogP contribution in [0.3, 0.4) is 0 Å². The fourth-order valence-electron chi connectivity index (χ4n) is 3.18. The minimum atomic E-state index is -0.183. The van der Waals surface area contributed by atoms with E-state index in [1.54, 1.807) is 0 Å². The minimum Gasteiger partial charge on any atom is -0.353 e. The van der Waals surface area contributed by atoms with Crippen LogP contribution >= 0.6 is 0 Å². The molecule has 6 heteroatoms. The van der Waals surface area contributed by atoms with Crippen LogP contribution in [0.4, 0.5) is 0 Å². The lowest BCUT2D eigenvalue weighted by atomic mass is 9.93. The summed E-state index contributed by atoms with van der Waals surface area (Å²) in [7, 11) is 0. The van der Waals surface area contributed by atoms with Crippen LogP contribution in [0.1, 0.15) is 66.2 Å². The van der Waals surface area contributed by atoms with Gasteiger partial charge in [0.25, 0.3) is 0 Å². The predicted octanol–water partition coefficient (Wildman–Crippen LogP) is 1.49. The van der Waals surface area contributed by atoms with E-state index in [0.717, 1.165) is 12.8 Å². The Morgan fingerprint density at radius 2 is 1.54 bits per heavy atom. The van der Waals surface area contributed by atoms with Gasteiger partial charge in [0.1, 0.15) is 0 Å². The van der Waals surface area contributed by atoms with Gasteiger partial charge in [-0.1, -0.05) is 27.7 Å². The summed E-state index contributed by atoms with van der Waals surface area (Å²) in [4.78, 5) is 37.0. The van der Waals surface area contributed by atoms with Crippen LogP contribution in [0, 0.1) is 11.3 Å².